The molecule has 0 radical (unpaired) electrons. The number of guanidine groups is 1. The summed E-state index contributed by atoms with van der Waals surface area (Å²) in [5.74, 6) is 0.842. The average molecular weight is 402 g/mol. The van der Waals surface area contributed by atoms with E-state index in [4.69, 9.17) is 21.5 Å². The maximum Gasteiger partial charge on any atom is 0.220 e. The molecule has 30 heavy (non-hydrogen) atoms. The smallest absolute Gasteiger partial charge is 0.220 e. The van der Waals surface area contributed by atoms with Gasteiger partial charge in [-0.3, -0.25) is 0 Å². The van der Waals surface area contributed by atoms with Crippen molar-refractivity contribution in [3.63, 3.8) is 0 Å². The Hall–Kier alpha value is -3.19. The van der Waals surface area contributed by atoms with Crippen molar-refractivity contribution >= 4 is 28.9 Å². The van der Waals surface area contributed by atoms with Crippen LogP contribution in [-0.2, 0) is 7.05 Å². The molecule has 1 saturated heterocycles. The minimum atomic E-state index is -0.0603. The number of nitrogens with zero attached hydrogens (tertiary/aromatic N) is 5. The maximum atomic E-state index is 6.08. The van der Waals surface area contributed by atoms with Gasteiger partial charge in [0.25, 0.3) is 0 Å². The SMILES string of the molecule is Cn1cnc2cc(C3C=NC(N4CCC(N)CC4)=NC3c3ccc(N)cc3)ccc21. The fourth-order valence-corrected chi connectivity index (χ4v) is 4.33. The van der Waals surface area contributed by atoms with Crippen LogP contribution in [0.4, 0.5) is 5.69 Å². The van der Waals surface area contributed by atoms with E-state index in [0.717, 1.165) is 59.7 Å². The van der Waals surface area contributed by atoms with Crippen molar-refractivity contribution in [1.29, 1.82) is 0 Å². The molecule has 2 aliphatic heterocycles. The van der Waals surface area contributed by atoms with Crippen LogP contribution in [0.5, 0.6) is 0 Å². The number of imidazole rings is 1. The lowest BCUT2D eigenvalue weighted by Gasteiger charge is -2.34. The van der Waals surface area contributed by atoms with Gasteiger partial charge >= 0.3 is 0 Å². The number of aromatic nitrogens is 2. The van der Waals surface area contributed by atoms with Crippen LogP contribution in [0.3, 0.4) is 0 Å². The average Bonchev–Trinajstić information content (AvgIpc) is 3.14. The van der Waals surface area contributed by atoms with Gasteiger partial charge in [0.1, 0.15) is 0 Å². The van der Waals surface area contributed by atoms with Crippen molar-refractivity contribution in [2.24, 2.45) is 22.8 Å². The molecule has 3 heterocycles. The minimum absolute atomic E-state index is 0.0378. The summed E-state index contributed by atoms with van der Waals surface area (Å²) in [4.78, 5) is 16.7. The van der Waals surface area contributed by atoms with Crippen LogP contribution in [0, 0.1) is 0 Å². The lowest BCUT2D eigenvalue weighted by atomic mass is 9.87. The van der Waals surface area contributed by atoms with Gasteiger partial charge in [0.2, 0.25) is 5.96 Å². The molecule has 4 N–H and O–H groups in total. The number of fused-ring (bicyclic) bond motifs is 1. The highest BCUT2D eigenvalue weighted by atomic mass is 15.3. The number of aryl methyl sites for hydroxylation is 1. The summed E-state index contributed by atoms with van der Waals surface area (Å²) >= 11 is 0. The number of hydrogen-bond acceptors (Lipinski definition) is 6. The minimum Gasteiger partial charge on any atom is -0.399 e. The first-order valence-corrected chi connectivity index (χ1v) is 10.5. The van der Waals surface area contributed by atoms with Gasteiger partial charge in [-0.2, -0.15) is 0 Å². The van der Waals surface area contributed by atoms with Crippen molar-refractivity contribution in [1.82, 2.24) is 14.5 Å². The molecule has 3 aromatic rings. The summed E-state index contributed by atoms with van der Waals surface area (Å²) in [6.45, 7) is 1.80. The molecule has 0 saturated carbocycles. The topological polar surface area (TPSA) is 97.8 Å². The Bertz CT molecular complexity index is 1100. The third kappa shape index (κ3) is 3.45. The molecule has 2 atom stereocenters. The van der Waals surface area contributed by atoms with Gasteiger partial charge in [-0.05, 0) is 48.2 Å². The van der Waals surface area contributed by atoms with Crippen molar-refractivity contribution in [3.8, 4) is 0 Å². The van der Waals surface area contributed by atoms with Crippen LogP contribution in [0.2, 0.25) is 0 Å². The molecule has 7 heteroatoms. The lowest BCUT2D eigenvalue weighted by molar-refractivity contribution is 0.308. The van der Waals surface area contributed by atoms with Gasteiger partial charge in [0.15, 0.2) is 0 Å². The summed E-state index contributed by atoms with van der Waals surface area (Å²) in [6.07, 6.45) is 5.84. The highest BCUT2D eigenvalue weighted by Gasteiger charge is 2.30. The first-order valence-electron chi connectivity index (χ1n) is 10.5. The second kappa shape index (κ2) is 7.57. The Labute approximate surface area is 176 Å². The van der Waals surface area contributed by atoms with E-state index in [1.54, 1.807) is 0 Å². The molecule has 0 spiro atoms. The van der Waals surface area contributed by atoms with Crippen LogP contribution < -0.4 is 11.5 Å². The number of hydrogen-bond donors (Lipinski definition) is 2. The fourth-order valence-electron chi connectivity index (χ4n) is 4.33. The number of rotatable bonds is 2. The van der Waals surface area contributed by atoms with E-state index in [1.165, 1.54) is 0 Å². The molecule has 0 amide bonds. The molecule has 1 fully saturated rings. The Morgan fingerprint density at radius 1 is 1.00 bits per heavy atom. The van der Waals surface area contributed by atoms with E-state index in [9.17, 15) is 0 Å². The number of nitrogens with two attached hydrogens (primary N) is 2. The van der Waals surface area contributed by atoms with Gasteiger partial charge in [0.05, 0.1) is 23.4 Å². The largest absolute Gasteiger partial charge is 0.399 e. The zero-order valence-corrected chi connectivity index (χ0v) is 17.1. The van der Waals surface area contributed by atoms with E-state index < -0.39 is 0 Å². The van der Waals surface area contributed by atoms with Crippen molar-refractivity contribution in [3.05, 3.63) is 59.9 Å². The lowest BCUT2D eigenvalue weighted by Crippen LogP contribution is -2.43. The van der Waals surface area contributed by atoms with Crippen LogP contribution in [0.15, 0.2) is 58.8 Å². The molecule has 2 aliphatic rings. The highest BCUT2D eigenvalue weighted by molar-refractivity contribution is 5.93. The van der Waals surface area contributed by atoms with Gasteiger partial charge in [-0.15, -0.1) is 0 Å². The van der Waals surface area contributed by atoms with E-state index in [2.05, 4.69) is 40.2 Å². The monoisotopic (exact) mass is 401 g/mol. The summed E-state index contributed by atoms with van der Waals surface area (Å²) in [5, 5.41) is 0. The van der Waals surface area contributed by atoms with Crippen molar-refractivity contribution in [2.45, 2.75) is 30.8 Å². The van der Waals surface area contributed by atoms with Gasteiger partial charge < -0.3 is 20.9 Å². The van der Waals surface area contributed by atoms with Crippen LogP contribution in [-0.4, -0.2) is 45.8 Å². The number of anilines is 1. The second-order valence-electron chi connectivity index (χ2n) is 8.27. The Morgan fingerprint density at radius 2 is 1.73 bits per heavy atom. The molecule has 7 nitrogen and oxygen atoms in total. The highest BCUT2D eigenvalue weighted by Crippen LogP contribution is 2.37. The molecule has 154 valence electrons. The van der Waals surface area contributed by atoms with Crippen molar-refractivity contribution < 1.29 is 0 Å². The summed E-state index contributed by atoms with van der Waals surface area (Å²) < 4.78 is 2.03. The standard InChI is InChI=1S/C23H27N7/c1-29-14-27-20-12-16(4-7-21(20)29)19-13-26-23(30-10-8-18(25)9-11-30)28-22(19)15-2-5-17(24)6-3-15/h2-7,12-14,18-19,22H,8-11,24-25H2,1H3. The predicted octanol–water partition coefficient (Wildman–Crippen LogP) is 2.84. The van der Waals surface area contributed by atoms with E-state index in [0.29, 0.717) is 0 Å². The molecule has 0 bridgehead atoms. The number of nitrogen functional groups attached to an aromatic ring is 1. The summed E-state index contributed by atoms with van der Waals surface area (Å²) in [5.41, 5.74) is 17.2. The van der Waals surface area contributed by atoms with Crippen LogP contribution in [0.25, 0.3) is 11.0 Å². The molecule has 0 aliphatic carbocycles. The van der Waals surface area contributed by atoms with E-state index in [-0.39, 0.29) is 18.0 Å². The Morgan fingerprint density at radius 3 is 2.50 bits per heavy atom. The van der Waals surface area contributed by atoms with Gasteiger partial charge in [-0.1, -0.05) is 18.2 Å². The maximum absolute atomic E-state index is 6.08. The molecule has 1 aromatic heterocycles. The fraction of sp³-hybridized carbons (Fsp3) is 0.348. The Balaban J connectivity index is 1.52. The first kappa shape index (κ1) is 18.8. The third-order valence-electron chi connectivity index (χ3n) is 6.18. The third-order valence-corrected chi connectivity index (χ3v) is 6.18. The molecular weight excluding hydrogens is 374 g/mol. The summed E-state index contributed by atoms with van der Waals surface area (Å²) in [6, 6.07) is 14.7. The van der Waals surface area contributed by atoms with E-state index >= 15 is 0 Å². The molecular formula is C23H27N7. The molecule has 2 aromatic carbocycles. The predicted molar refractivity (Wildman–Crippen MR) is 122 cm³/mol. The van der Waals surface area contributed by atoms with Crippen molar-refractivity contribution in [2.75, 3.05) is 18.8 Å². The van der Waals surface area contributed by atoms with Crippen LogP contribution in [0.1, 0.15) is 35.9 Å². The van der Waals surface area contributed by atoms with E-state index in [1.807, 2.05) is 36.3 Å². The number of likely N-dealkylation sites (tertiary alicyclic amines) is 1. The number of benzene rings is 2. The zero-order valence-electron chi connectivity index (χ0n) is 17.1. The molecule has 5 rings (SSSR count). The first-order chi connectivity index (χ1) is 14.6. The molecule has 2 unspecified atom stereocenters. The van der Waals surface area contributed by atoms with Crippen LogP contribution >= 0.6 is 0 Å². The second-order valence-corrected chi connectivity index (χ2v) is 8.27. The van der Waals surface area contributed by atoms with Gasteiger partial charge in [0, 0.05) is 44.0 Å². The Kier molecular flexibility index (Phi) is 4.75. The van der Waals surface area contributed by atoms with Gasteiger partial charge in [-0.25, -0.2) is 15.0 Å². The number of aliphatic imine (C=N–C) groups is 2. The number of piperidine rings is 1. The quantitative estimate of drug-likeness (QED) is 0.645. The zero-order chi connectivity index (χ0) is 20.7. The normalized spacial score (nSPS) is 22.5. The summed E-state index contributed by atoms with van der Waals surface area (Å²) in [7, 11) is 2.01.